The van der Waals surface area contributed by atoms with E-state index < -0.39 is 14.9 Å². The van der Waals surface area contributed by atoms with Crippen molar-refractivity contribution in [2.75, 3.05) is 50.6 Å². The van der Waals surface area contributed by atoms with Gasteiger partial charge in [-0.05, 0) is 23.8 Å². The van der Waals surface area contributed by atoms with Crippen LogP contribution in [0, 0.1) is 10.1 Å². The van der Waals surface area contributed by atoms with E-state index in [4.69, 9.17) is 4.74 Å². The Bertz CT molecular complexity index is 971. The van der Waals surface area contributed by atoms with Crippen molar-refractivity contribution >= 4 is 27.1 Å². The molecule has 0 amide bonds. The van der Waals surface area contributed by atoms with E-state index in [1.165, 1.54) is 16.4 Å². The van der Waals surface area contributed by atoms with Gasteiger partial charge in [0.15, 0.2) is 0 Å². The van der Waals surface area contributed by atoms with Gasteiger partial charge in [-0.2, -0.15) is 4.31 Å². The van der Waals surface area contributed by atoms with Crippen molar-refractivity contribution in [2.45, 2.75) is 11.4 Å². The number of anilines is 2. The normalized spacial score (nSPS) is 15.1. The summed E-state index contributed by atoms with van der Waals surface area (Å²) in [4.78, 5) is 12.5. The zero-order valence-electron chi connectivity index (χ0n) is 16.4. The fourth-order valence-electron chi connectivity index (χ4n) is 3.02. The monoisotopic (exact) mass is 420 g/mol. The van der Waals surface area contributed by atoms with Crippen LogP contribution in [0.25, 0.3) is 0 Å². The molecule has 0 atom stereocenters. The molecule has 2 aromatic rings. The van der Waals surface area contributed by atoms with E-state index in [9.17, 15) is 18.5 Å². The van der Waals surface area contributed by atoms with Crippen LogP contribution in [0.1, 0.15) is 5.56 Å². The first-order valence-corrected chi connectivity index (χ1v) is 10.6. The van der Waals surface area contributed by atoms with Gasteiger partial charge < -0.3 is 15.0 Å². The second kappa shape index (κ2) is 8.76. The van der Waals surface area contributed by atoms with Crippen molar-refractivity contribution in [1.82, 2.24) is 4.31 Å². The summed E-state index contributed by atoms with van der Waals surface area (Å²) < 4.78 is 32.8. The Morgan fingerprint density at radius 3 is 2.38 bits per heavy atom. The molecular weight excluding hydrogens is 396 g/mol. The van der Waals surface area contributed by atoms with Crippen molar-refractivity contribution in [3.8, 4) is 0 Å². The molecule has 3 rings (SSSR count). The minimum atomic E-state index is -3.89. The van der Waals surface area contributed by atoms with Crippen LogP contribution in [-0.2, 0) is 21.3 Å². The maximum atomic E-state index is 13.1. The summed E-state index contributed by atoms with van der Waals surface area (Å²) in [5.74, 6) is 0. The first-order valence-electron chi connectivity index (χ1n) is 9.15. The van der Waals surface area contributed by atoms with Gasteiger partial charge in [-0.25, -0.2) is 8.42 Å². The van der Waals surface area contributed by atoms with Crippen molar-refractivity contribution in [1.29, 1.82) is 0 Å². The van der Waals surface area contributed by atoms with Gasteiger partial charge in [-0.1, -0.05) is 12.1 Å². The maximum absolute atomic E-state index is 13.1. The second-order valence-corrected chi connectivity index (χ2v) is 8.77. The molecule has 1 aliphatic heterocycles. The molecule has 1 aliphatic rings. The Hall–Kier alpha value is -2.69. The third-order valence-corrected chi connectivity index (χ3v) is 6.64. The fraction of sp³-hybridized carbons (Fsp3) is 0.368. The molecule has 0 bridgehead atoms. The number of hydrogen-bond acceptors (Lipinski definition) is 7. The average molecular weight is 420 g/mol. The van der Waals surface area contributed by atoms with Crippen molar-refractivity contribution in [2.24, 2.45) is 0 Å². The van der Waals surface area contributed by atoms with Crippen LogP contribution in [0.5, 0.6) is 0 Å². The molecule has 9 nitrogen and oxygen atoms in total. The topological polar surface area (TPSA) is 105 Å². The predicted molar refractivity (Wildman–Crippen MR) is 111 cm³/mol. The lowest BCUT2D eigenvalue weighted by molar-refractivity contribution is -0.385. The lowest BCUT2D eigenvalue weighted by Crippen LogP contribution is -2.40. The highest BCUT2D eigenvalue weighted by Crippen LogP contribution is 2.30. The lowest BCUT2D eigenvalue weighted by atomic mass is 10.2. The zero-order valence-corrected chi connectivity index (χ0v) is 17.2. The number of sulfonamides is 1. The minimum Gasteiger partial charge on any atom is -0.380 e. The van der Waals surface area contributed by atoms with Crippen LogP contribution < -0.4 is 10.2 Å². The molecule has 0 unspecified atom stereocenters. The molecule has 156 valence electrons. The highest BCUT2D eigenvalue weighted by atomic mass is 32.2. The SMILES string of the molecule is CN(C)c1ccc(CNc2ccc([N+](=O)[O-])cc2S(=O)(=O)N2CCOCC2)cc1. The molecule has 0 aromatic heterocycles. The first kappa shape index (κ1) is 21.0. The van der Waals surface area contributed by atoms with Gasteiger partial charge in [0.2, 0.25) is 10.0 Å². The highest BCUT2D eigenvalue weighted by Gasteiger charge is 2.30. The summed E-state index contributed by atoms with van der Waals surface area (Å²) in [6.07, 6.45) is 0. The molecule has 0 radical (unpaired) electrons. The largest absolute Gasteiger partial charge is 0.380 e. The predicted octanol–water partition coefficient (Wildman–Crippen LogP) is 2.29. The van der Waals surface area contributed by atoms with Crippen LogP contribution in [-0.4, -0.2) is 58.0 Å². The highest BCUT2D eigenvalue weighted by molar-refractivity contribution is 7.89. The number of hydrogen-bond donors (Lipinski definition) is 1. The Kier molecular flexibility index (Phi) is 6.36. The number of nitrogens with zero attached hydrogens (tertiary/aromatic N) is 3. The maximum Gasteiger partial charge on any atom is 0.270 e. The summed E-state index contributed by atoms with van der Waals surface area (Å²) in [6, 6.07) is 11.7. The molecule has 0 aliphatic carbocycles. The summed E-state index contributed by atoms with van der Waals surface area (Å²) in [5.41, 5.74) is 2.08. The Labute approximate surface area is 170 Å². The molecule has 29 heavy (non-hydrogen) atoms. The molecule has 0 spiro atoms. The van der Waals surface area contributed by atoms with Crippen LogP contribution in [0.4, 0.5) is 17.1 Å². The Morgan fingerprint density at radius 2 is 1.79 bits per heavy atom. The molecule has 0 saturated carbocycles. The van der Waals surface area contributed by atoms with Gasteiger partial charge in [0, 0.05) is 51.5 Å². The van der Waals surface area contributed by atoms with Gasteiger partial charge in [0.05, 0.1) is 23.8 Å². The second-order valence-electron chi connectivity index (χ2n) is 6.87. The van der Waals surface area contributed by atoms with E-state index in [2.05, 4.69) is 5.32 Å². The molecule has 1 fully saturated rings. The minimum absolute atomic E-state index is 0.0986. The van der Waals surface area contributed by atoms with Crippen LogP contribution in [0.15, 0.2) is 47.4 Å². The zero-order chi connectivity index (χ0) is 21.0. The first-order chi connectivity index (χ1) is 13.8. The Balaban J connectivity index is 1.88. The summed E-state index contributed by atoms with van der Waals surface area (Å²) in [7, 11) is 0.0113. The Morgan fingerprint density at radius 1 is 1.14 bits per heavy atom. The molecule has 1 heterocycles. The van der Waals surface area contributed by atoms with E-state index >= 15 is 0 Å². The number of nitro benzene ring substituents is 1. The third kappa shape index (κ3) is 4.84. The van der Waals surface area contributed by atoms with Crippen LogP contribution >= 0.6 is 0 Å². The van der Waals surface area contributed by atoms with E-state index in [0.717, 1.165) is 17.3 Å². The van der Waals surface area contributed by atoms with E-state index in [1.54, 1.807) is 0 Å². The molecule has 2 aromatic carbocycles. The van der Waals surface area contributed by atoms with Crippen LogP contribution in [0.3, 0.4) is 0 Å². The number of nitrogens with one attached hydrogen (secondary N) is 1. The summed E-state index contributed by atoms with van der Waals surface area (Å²) in [6.45, 7) is 1.42. The molecular formula is C19H24N4O5S. The van der Waals surface area contributed by atoms with E-state index in [0.29, 0.717) is 25.4 Å². The van der Waals surface area contributed by atoms with Gasteiger partial charge in [0.25, 0.3) is 5.69 Å². The third-order valence-electron chi connectivity index (χ3n) is 4.70. The number of benzene rings is 2. The molecule has 10 heteroatoms. The van der Waals surface area contributed by atoms with Gasteiger partial charge in [0.1, 0.15) is 4.90 Å². The lowest BCUT2D eigenvalue weighted by Gasteiger charge is -2.27. The van der Waals surface area contributed by atoms with E-state index in [-0.39, 0.29) is 23.7 Å². The number of nitro groups is 1. The number of rotatable bonds is 7. The number of morpholine rings is 1. The fourth-order valence-corrected chi connectivity index (χ4v) is 4.62. The average Bonchev–Trinajstić information content (AvgIpc) is 2.73. The van der Waals surface area contributed by atoms with Gasteiger partial charge >= 0.3 is 0 Å². The van der Waals surface area contributed by atoms with Gasteiger partial charge in [-0.3, -0.25) is 10.1 Å². The smallest absolute Gasteiger partial charge is 0.270 e. The van der Waals surface area contributed by atoms with Crippen molar-refractivity contribution < 1.29 is 18.1 Å². The van der Waals surface area contributed by atoms with Crippen molar-refractivity contribution in [3.05, 3.63) is 58.1 Å². The van der Waals surface area contributed by atoms with Gasteiger partial charge in [-0.15, -0.1) is 0 Å². The van der Waals surface area contributed by atoms with E-state index in [1.807, 2.05) is 43.3 Å². The van der Waals surface area contributed by atoms with Crippen LogP contribution in [0.2, 0.25) is 0 Å². The molecule has 1 saturated heterocycles. The quantitative estimate of drug-likeness (QED) is 0.541. The standard InChI is InChI=1S/C19H24N4O5S/c1-21(2)16-5-3-15(4-6-16)14-20-18-8-7-17(23(24)25)13-19(18)29(26,27)22-9-11-28-12-10-22/h3-8,13,20H,9-12,14H2,1-2H3. The molecule has 1 N–H and O–H groups in total. The summed E-state index contributed by atoms with van der Waals surface area (Å²) >= 11 is 0. The number of non-ortho nitro benzene ring substituents is 1. The van der Waals surface area contributed by atoms with Crippen molar-refractivity contribution in [3.63, 3.8) is 0 Å². The number of ether oxygens (including phenoxy) is 1. The summed E-state index contributed by atoms with van der Waals surface area (Å²) in [5, 5.41) is 14.3.